The van der Waals surface area contributed by atoms with Crippen LogP contribution in [0.15, 0.2) is 30.3 Å². The molecule has 2 aromatic rings. The molecule has 3 heterocycles. The predicted octanol–water partition coefficient (Wildman–Crippen LogP) is 4.83. The number of benzene rings is 2. The molecule has 5 rings (SSSR count). The molecule has 0 spiro atoms. The van der Waals surface area contributed by atoms with E-state index in [0.29, 0.717) is 69.0 Å². The van der Waals surface area contributed by atoms with Crippen molar-refractivity contribution in [1.82, 2.24) is 14.7 Å². The van der Waals surface area contributed by atoms with Crippen molar-refractivity contribution in [3.63, 3.8) is 0 Å². The Morgan fingerprint density at radius 2 is 1.74 bits per heavy atom. The molecule has 1 amide bonds. The molecular weight excluding hydrogens is 557 g/mol. The van der Waals surface area contributed by atoms with Gasteiger partial charge in [0.25, 0.3) is 0 Å². The van der Waals surface area contributed by atoms with Crippen LogP contribution in [-0.4, -0.2) is 95.7 Å². The van der Waals surface area contributed by atoms with Crippen LogP contribution in [0.3, 0.4) is 0 Å². The topological polar surface area (TPSA) is 73.3 Å². The number of hydrogen-bond acceptors (Lipinski definition) is 5. The molecule has 3 fully saturated rings. The van der Waals surface area contributed by atoms with Crippen LogP contribution in [-0.2, 0) is 20.7 Å². The first-order chi connectivity index (χ1) is 20.0. The largest absolute Gasteiger partial charge is 0.480 e. The molecule has 0 saturated carbocycles. The second-order valence-corrected chi connectivity index (χ2v) is 12.9. The monoisotopic (exact) mass is 599 g/mol. The molecule has 7 nitrogen and oxygen atoms in total. The number of carbonyl (C=O) groups excluding carboxylic acids is 1. The number of amides is 1. The van der Waals surface area contributed by atoms with Gasteiger partial charge in [0.1, 0.15) is 11.9 Å². The zero-order valence-electron chi connectivity index (χ0n) is 25.1. The van der Waals surface area contributed by atoms with Gasteiger partial charge in [-0.25, -0.2) is 4.39 Å². The quantitative estimate of drug-likeness (QED) is 0.492. The summed E-state index contributed by atoms with van der Waals surface area (Å²) in [5.41, 5.74) is 4.99. The highest BCUT2D eigenvalue weighted by molar-refractivity contribution is 6.30. The van der Waals surface area contributed by atoms with Gasteiger partial charge >= 0.3 is 5.97 Å². The van der Waals surface area contributed by atoms with Crippen LogP contribution in [0.1, 0.15) is 53.5 Å². The summed E-state index contributed by atoms with van der Waals surface area (Å²) >= 11 is 6.06. The van der Waals surface area contributed by atoms with Gasteiger partial charge in [0, 0.05) is 69.0 Å². The van der Waals surface area contributed by atoms with E-state index in [9.17, 15) is 14.7 Å². The molecule has 4 atom stereocenters. The second kappa shape index (κ2) is 13.0. The molecule has 0 bridgehead atoms. The molecule has 1 N–H and O–H groups in total. The summed E-state index contributed by atoms with van der Waals surface area (Å²) in [7, 11) is 0. The van der Waals surface area contributed by atoms with Crippen LogP contribution in [0.5, 0.6) is 0 Å². The van der Waals surface area contributed by atoms with E-state index in [1.165, 1.54) is 11.6 Å². The molecule has 0 aliphatic carbocycles. The maximum Gasteiger partial charge on any atom is 0.321 e. The second-order valence-electron chi connectivity index (χ2n) is 12.5. The van der Waals surface area contributed by atoms with Crippen molar-refractivity contribution in [1.29, 1.82) is 0 Å². The van der Waals surface area contributed by atoms with Gasteiger partial charge in [-0.15, -0.1) is 0 Å². The van der Waals surface area contributed by atoms with Crippen LogP contribution in [0.25, 0.3) is 0 Å². The minimum absolute atomic E-state index is 0.0214. The Bertz CT molecular complexity index is 1290. The summed E-state index contributed by atoms with van der Waals surface area (Å²) < 4.78 is 20.8. The van der Waals surface area contributed by atoms with Gasteiger partial charge in [0.2, 0.25) is 5.91 Å². The Labute approximate surface area is 253 Å². The summed E-state index contributed by atoms with van der Waals surface area (Å²) in [6.07, 6.45) is 2.24. The van der Waals surface area contributed by atoms with Gasteiger partial charge < -0.3 is 14.7 Å². The fourth-order valence-corrected chi connectivity index (χ4v) is 7.62. The standard InChI is InChI=1S/C33H43ClFN3O4/c1-20-13-21(2)27(22(3)14-20)16-31(33(40)41)36-9-10-38(23(4)17-36)32(39)29-19-37(25-7-11-42-12-8-25)18-28(29)26-6-5-24(34)15-30(26)35/h5-6,13-15,23,25,28-29,31H,7-12,16-19H2,1-4H3,(H,40,41)/t23-,28-,29+,31-/m0/s1. The van der Waals surface area contributed by atoms with Gasteiger partial charge in [-0.2, -0.15) is 0 Å². The Kier molecular flexibility index (Phi) is 9.57. The van der Waals surface area contributed by atoms with Gasteiger partial charge in [-0.05, 0) is 81.3 Å². The lowest BCUT2D eigenvalue weighted by atomic mass is 9.87. The van der Waals surface area contributed by atoms with Crippen LogP contribution in [0, 0.1) is 32.5 Å². The Morgan fingerprint density at radius 1 is 1.05 bits per heavy atom. The number of aryl methyl sites for hydroxylation is 3. The molecule has 2 aromatic carbocycles. The summed E-state index contributed by atoms with van der Waals surface area (Å²) in [6, 6.07) is 8.44. The van der Waals surface area contributed by atoms with Gasteiger partial charge in [-0.1, -0.05) is 35.4 Å². The minimum Gasteiger partial charge on any atom is -0.480 e. The smallest absolute Gasteiger partial charge is 0.321 e. The first-order valence-corrected chi connectivity index (χ1v) is 15.5. The fraction of sp³-hybridized carbons (Fsp3) is 0.576. The molecule has 3 aliphatic rings. The molecule has 3 aliphatic heterocycles. The Hall–Kier alpha value is -2.52. The van der Waals surface area contributed by atoms with Crippen LogP contribution in [0.2, 0.25) is 5.02 Å². The van der Waals surface area contributed by atoms with Gasteiger partial charge in [-0.3, -0.25) is 19.4 Å². The van der Waals surface area contributed by atoms with E-state index in [1.54, 1.807) is 12.1 Å². The van der Waals surface area contributed by atoms with Crippen molar-refractivity contribution in [2.75, 3.05) is 45.9 Å². The summed E-state index contributed by atoms with van der Waals surface area (Å²) in [5, 5.41) is 10.6. The molecule has 228 valence electrons. The maximum absolute atomic E-state index is 15.2. The Morgan fingerprint density at radius 3 is 2.36 bits per heavy atom. The third-order valence-corrected chi connectivity index (χ3v) is 9.88. The molecule has 9 heteroatoms. The van der Waals surface area contributed by atoms with Crippen molar-refractivity contribution in [2.45, 2.75) is 71.0 Å². The number of carbonyl (C=O) groups is 2. The lowest BCUT2D eigenvalue weighted by Gasteiger charge is -2.43. The average Bonchev–Trinajstić information content (AvgIpc) is 3.38. The van der Waals surface area contributed by atoms with Crippen molar-refractivity contribution in [2.24, 2.45) is 5.92 Å². The minimum atomic E-state index is -0.845. The number of rotatable bonds is 7. The number of carboxylic acids is 1. The van der Waals surface area contributed by atoms with E-state index in [2.05, 4.69) is 24.0 Å². The Balaban J connectivity index is 1.33. The summed E-state index contributed by atoms with van der Waals surface area (Å²) in [5.74, 6) is -1.86. The average molecular weight is 600 g/mol. The molecule has 0 unspecified atom stereocenters. The zero-order chi connectivity index (χ0) is 30.1. The van der Waals surface area contributed by atoms with Crippen LogP contribution < -0.4 is 0 Å². The molecule has 0 aromatic heterocycles. The lowest BCUT2D eigenvalue weighted by Crippen LogP contribution is -2.59. The van der Waals surface area contributed by atoms with E-state index >= 15 is 4.39 Å². The number of ether oxygens (including phenoxy) is 1. The molecule has 3 saturated heterocycles. The third kappa shape index (κ3) is 6.52. The highest BCUT2D eigenvalue weighted by atomic mass is 35.5. The van der Waals surface area contributed by atoms with Crippen molar-refractivity contribution >= 4 is 23.5 Å². The first-order valence-electron chi connectivity index (χ1n) is 15.1. The summed E-state index contributed by atoms with van der Waals surface area (Å²) in [6.45, 7) is 12.1. The van der Waals surface area contributed by atoms with E-state index < -0.39 is 12.0 Å². The molecular formula is C33H43ClFN3O4. The van der Waals surface area contributed by atoms with Crippen molar-refractivity contribution in [3.8, 4) is 0 Å². The number of nitrogens with zero attached hydrogens (tertiary/aromatic N) is 3. The van der Waals surface area contributed by atoms with Crippen molar-refractivity contribution < 1.29 is 23.8 Å². The van der Waals surface area contributed by atoms with E-state index in [0.717, 1.165) is 29.5 Å². The third-order valence-electron chi connectivity index (χ3n) is 9.64. The normalized spacial score (nSPS) is 25.1. The number of likely N-dealkylation sites (tertiary alicyclic amines) is 1. The van der Waals surface area contributed by atoms with Gasteiger partial charge in [0.15, 0.2) is 0 Å². The number of carboxylic acid groups (broad SMARTS) is 1. The highest BCUT2D eigenvalue weighted by Gasteiger charge is 2.45. The van der Waals surface area contributed by atoms with Gasteiger partial charge in [0.05, 0.1) is 5.92 Å². The van der Waals surface area contributed by atoms with Crippen LogP contribution in [0.4, 0.5) is 4.39 Å². The number of piperazine rings is 1. The molecule has 0 radical (unpaired) electrons. The van der Waals surface area contributed by atoms with Crippen molar-refractivity contribution in [3.05, 3.63) is 69.0 Å². The van der Waals surface area contributed by atoms with E-state index in [1.807, 2.05) is 30.6 Å². The highest BCUT2D eigenvalue weighted by Crippen LogP contribution is 2.39. The van der Waals surface area contributed by atoms with E-state index in [4.69, 9.17) is 16.3 Å². The number of hydrogen-bond donors (Lipinski definition) is 1. The lowest BCUT2D eigenvalue weighted by molar-refractivity contribution is -0.147. The fourth-order valence-electron chi connectivity index (χ4n) is 7.46. The first kappa shape index (κ1) is 30.9. The number of aliphatic carboxylic acids is 1. The van der Waals surface area contributed by atoms with E-state index in [-0.39, 0.29) is 29.6 Å². The SMILES string of the molecule is Cc1cc(C)c(C[C@@H](C(=O)O)N2CCN(C(=O)[C@@H]3CN(C4CCOCC4)C[C@H]3c3ccc(Cl)cc3F)[C@@H](C)C2)c(C)c1. The predicted molar refractivity (Wildman–Crippen MR) is 162 cm³/mol. The van der Waals surface area contributed by atoms with Crippen LogP contribution >= 0.6 is 11.6 Å². The summed E-state index contributed by atoms with van der Waals surface area (Å²) in [4.78, 5) is 33.0. The molecule has 42 heavy (non-hydrogen) atoms. The zero-order valence-corrected chi connectivity index (χ0v) is 25.9. The maximum atomic E-state index is 15.2. The number of halogens is 2.